The zero-order valence-electron chi connectivity index (χ0n) is 12.8. The zero-order valence-corrected chi connectivity index (χ0v) is 13.6. The quantitative estimate of drug-likeness (QED) is 0.390. The summed E-state index contributed by atoms with van der Waals surface area (Å²) in [5, 5.41) is 9.41. The highest BCUT2D eigenvalue weighted by molar-refractivity contribution is 7.80. The van der Waals surface area contributed by atoms with Gasteiger partial charge in [-0.15, -0.1) is 4.28 Å². The second-order valence-corrected chi connectivity index (χ2v) is 6.90. The summed E-state index contributed by atoms with van der Waals surface area (Å²) >= 11 is 0. The number of piperidine rings is 1. The van der Waals surface area contributed by atoms with Crippen LogP contribution in [0.2, 0.25) is 0 Å². The molecule has 0 aromatic carbocycles. The van der Waals surface area contributed by atoms with Crippen molar-refractivity contribution in [3.05, 3.63) is 0 Å². The van der Waals surface area contributed by atoms with E-state index in [-0.39, 0.29) is 19.4 Å². The number of carboxylic acids is 1. The summed E-state index contributed by atoms with van der Waals surface area (Å²) in [5.41, 5.74) is 0.335. The fraction of sp³-hybridized carbons (Fsp3) is 0.727. The fourth-order valence-electron chi connectivity index (χ4n) is 2.39. The van der Waals surface area contributed by atoms with E-state index in [4.69, 9.17) is 14.5 Å². The van der Waals surface area contributed by atoms with Crippen LogP contribution in [0.3, 0.4) is 0 Å². The van der Waals surface area contributed by atoms with Crippen LogP contribution in [0.25, 0.3) is 0 Å². The van der Waals surface area contributed by atoms with Crippen molar-refractivity contribution < 1.29 is 41.6 Å². The summed E-state index contributed by atoms with van der Waals surface area (Å²) in [6.45, 7) is 2.49. The molecule has 136 valence electrons. The third-order valence-electron chi connectivity index (χ3n) is 3.72. The standard InChI is InChI=1S/C11H17N3O9S/c1-11(2,9(16)17)22-12-8(15)7-4-3-6-5-13(7)10(18)14(6)23-24(19,20)21/h6-7H,3-5H2,1-2H3,(H,12,15)(H,16,17)(H,19,20,21)/t6-,7+/m1/s1. The van der Waals surface area contributed by atoms with E-state index in [0.717, 1.165) is 4.90 Å². The Morgan fingerprint density at radius 3 is 2.50 bits per heavy atom. The van der Waals surface area contributed by atoms with Crippen LogP contribution in [0.1, 0.15) is 26.7 Å². The number of hydrogen-bond donors (Lipinski definition) is 3. The van der Waals surface area contributed by atoms with E-state index in [2.05, 4.69) is 4.28 Å². The van der Waals surface area contributed by atoms with Gasteiger partial charge in [0, 0.05) is 6.54 Å². The molecule has 0 aliphatic carbocycles. The monoisotopic (exact) mass is 367 g/mol. The molecule has 0 radical (unpaired) electrons. The van der Waals surface area contributed by atoms with Crippen LogP contribution in [-0.2, 0) is 29.1 Å². The molecule has 0 unspecified atom stereocenters. The van der Waals surface area contributed by atoms with Crippen molar-refractivity contribution in [1.82, 2.24) is 15.4 Å². The molecule has 0 spiro atoms. The molecule has 2 bridgehead atoms. The highest BCUT2D eigenvalue weighted by atomic mass is 32.3. The van der Waals surface area contributed by atoms with E-state index >= 15 is 0 Å². The third kappa shape index (κ3) is 3.75. The predicted molar refractivity (Wildman–Crippen MR) is 74.3 cm³/mol. The van der Waals surface area contributed by atoms with Gasteiger partial charge in [0.15, 0.2) is 5.60 Å². The minimum Gasteiger partial charge on any atom is -0.479 e. The van der Waals surface area contributed by atoms with Crippen LogP contribution in [0.4, 0.5) is 4.79 Å². The first kappa shape index (κ1) is 18.4. The largest absolute Gasteiger partial charge is 0.479 e. The van der Waals surface area contributed by atoms with Crippen molar-refractivity contribution in [2.75, 3.05) is 6.54 Å². The first-order valence-electron chi connectivity index (χ1n) is 6.90. The van der Waals surface area contributed by atoms with Gasteiger partial charge in [-0.05, 0) is 26.7 Å². The van der Waals surface area contributed by atoms with Gasteiger partial charge in [-0.3, -0.25) is 14.2 Å². The number of nitrogens with zero attached hydrogens (tertiary/aromatic N) is 2. The van der Waals surface area contributed by atoms with Gasteiger partial charge in [-0.2, -0.15) is 13.5 Å². The van der Waals surface area contributed by atoms with Gasteiger partial charge in [0.1, 0.15) is 6.04 Å². The first-order valence-corrected chi connectivity index (χ1v) is 8.27. The molecule has 2 saturated heterocycles. The smallest absolute Gasteiger partial charge is 0.418 e. The average molecular weight is 367 g/mol. The molecule has 24 heavy (non-hydrogen) atoms. The first-order chi connectivity index (χ1) is 10.9. The summed E-state index contributed by atoms with van der Waals surface area (Å²) in [5.74, 6) is -2.04. The number of urea groups is 1. The number of carbonyl (C=O) groups excluding carboxylic acids is 2. The Kier molecular flexibility index (Phi) is 4.72. The van der Waals surface area contributed by atoms with Crippen LogP contribution >= 0.6 is 0 Å². The molecule has 2 heterocycles. The molecule has 0 aromatic rings. The molecule has 12 nitrogen and oxygen atoms in total. The molecule has 0 saturated carbocycles. The Morgan fingerprint density at radius 2 is 1.96 bits per heavy atom. The summed E-state index contributed by atoms with van der Waals surface area (Å²) in [7, 11) is -4.87. The summed E-state index contributed by atoms with van der Waals surface area (Å²) in [6, 6.07) is -2.50. The number of rotatable bonds is 6. The van der Waals surface area contributed by atoms with Gasteiger partial charge >= 0.3 is 22.4 Å². The predicted octanol–water partition coefficient (Wildman–Crippen LogP) is -1.10. The van der Waals surface area contributed by atoms with Crippen molar-refractivity contribution in [2.45, 2.75) is 44.4 Å². The molecular formula is C11H17N3O9S. The van der Waals surface area contributed by atoms with Gasteiger partial charge < -0.3 is 10.0 Å². The van der Waals surface area contributed by atoms with E-state index in [1.54, 1.807) is 0 Å². The Bertz CT molecular complexity index is 662. The lowest BCUT2D eigenvalue weighted by atomic mass is 10.0. The van der Waals surface area contributed by atoms with Crippen LogP contribution in [0, 0.1) is 0 Å². The van der Waals surface area contributed by atoms with Crippen molar-refractivity contribution >= 4 is 28.3 Å². The van der Waals surface area contributed by atoms with Gasteiger partial charge in [-0.25, -0.2) is 15.1 Å². The summed E-state index contributed by atoms with van der Waals surface area (Å²) in [4.78, 5) is 41.1. The Labute approximate surface area is 137 Å². The SMILES string of the molecule is CC(C)(ONC(=O)[C@@H]1CC[C@@H]2CN1C(=O)N2OS(=O)(=O)O)C(=O)O. The summed E-state index contributed by atoms with van der Waals surface area (Å²) in [6.07, 6.45) is 0.433. The number of aliphatic carboxylic acids is 1. The lowest BCUT2D eigenvalue weighted by Gasteiger charge is -2.30. The lowest BCUT2D eigenvalue weighted by molar-refractivity contribution is -0.176. The number of hydroxylamine groups is 3. The second kappa shape index (κ2) is 6.16. The molecule has 2 aliphatic heterocycles. The maximum Gasteiger partial charge on any atom is 0.418 e. The van der Waals surface area contributed by atoms with Crippen LogP contribution in [0.15, 0.2) is 0 Å². The van der Waals surface area contributed by atoms with E-state index in [1.165, 1.54) is 13.8 Å². The van der Waals surface area contributed by atoms with Crippen molar-refractivity contribution in [3.63, 3.8) is 0 Å². The van der Waals surface area contributed by atoms with Crippen LogP contribution in [-0.4, -0.2) is 70.2 Å². The summed E-state index contributed by atoms with van der Waals surface area (Å²) < 4.78 is 34.5. The minimum atomic E-state index is -4.87. The molecule has 13 heteroatoms. The number of carbonyl (C=O) groups is 3. The van der Waals surface area contributed by atoms with E-state index < -0.39 is 46.0 Å². The van der Waals surface area contributed by atoms with Crippen molar-refractivity contribution in [1.29, 1.82) is 0 Å². The average Bonchev–Trinajstić information content (AvgIpc) is 2.68. The maximum absolute atomic E-state index is 12.1. The lowest BCUT2D eigenvalue weighted by Crippen LogP contribution is -2.52. The van der Waals surface area contributed by atoms with Gasteiger partial charge in [-0.1, -0.05) is 0 Å². The van der Waals surface area contributed by atoms with E-state index in [9.17, 15) is 22.8 Å². The van der Waals surface area contributed by atoms with E-state index in [1.807, 2.05) is 5.48 Å². The van der Waals surface area contributed by atoms with Gasteiger partial charge in [0.05, 0.1) is 6.04 Å². The Balaban J connectivity index is 2.03. The fourth-order valence-corrected chi connectivity index (χ4v) is 2.78. The normalized spacial score (nSPS) is 24.2. The number of fused-ring (bicyclic) bond motifs is 2. The molecule has 2 atom stereocenters. The maximum atomic E-state index is 12.1. The number of hydrogen-bond acceptors (Lipinski definition) is 7. The van der Waals surface area contributed by atoms with Crippen molar-refractivity contribution in [2.24, 2.45) is 0 Å². The van der Waals surface area contributed by atoms with E-state index in [0.29, 0.717) is 5.06 Å². The molecule has 3 N–H and O–H groups in total. The molecular weight excluding hydrogens is 350 g/mol. The molecule has 2 aliphatic rings. The number of nitrogens with one attached hydrogen (secondary N) is 1. The highest BCUT2D eigenvalue weighted by Crippen LogP contribution is 2.30. The number of carboxylic acid groups (broad SMARTS) is 1. The molecule has 2 rings (SSSR count). The Hall–Kier alpha value is -1.96. The molecule has 3 amide bonds. The van der Waals surface area contributed by atoms with Crippen LogP contribution in [0.5, 0.6) is 0 Å². The minimum absolute atomic E-state index is 0.0226. The molecule has 0 aromatic heterocycles. The van der Waals surface area contributed by atoms with Gasteiger partial charge in [0.25, 0.3) is 5.91 Å². The van der Waals surface area contributed by atoms with Gasteiger partial charge in [0.2, 0.25) is 0 Å². The second-order valence-electron chi connectivity index (χ2n) is 5.89. The molecule has 2 fully saturated rings. The van der Waals surface area contributed by atoms with Crippen molar-refractivity contribution in [3.8, 4) is 0 Å². The Morgan fingerprint density at radius 1 is 1.33 bits per heavy atom. The number of amides is 3. The zero-order chi connectivity index (χ0) is 18.3. The van der Waals surface area contributed by atoms with Crippen LogP contribution < -0.4 is 5.48 Å². The topological polar surface area (TPSA) is 163 Å². The highest BCUT2D eigenvalue weighted by Gasteiger charge is 2.49. The third-order valence-corrected chi connectivity index (χ3v) is 4.07.